The van der Waals surface area contributed by atoms with Crippen LogP contribution in [0.25, 0.3) is 43.9 Å². The summed E-state index contributed by atoms with van der Waals surface area (Å²) in [6, 6.07) is 18.4. The standard InChI is InChI=1S/C18H9IO2/c19-13-9-12-10-5-1-3-7-14(10)20-17(12)16-11-6-2-4-8-15(11)21-18(13)16/h1-9H. The predicted octanol–water partition coefficient (Wildman–Crippen LogP) is 6.09. The number of furan rings is 2. The Bertz CT molecular complexity index is 1150. The van der Waals surface area contributed by atoms with E-state index in [-0.39, 0.29) is 0 Å². The summed E-state index contributed by atoms with van der Waals surface area (Å²) in [5.74, 6) is 0. The van der Waals surface area contributed by atoms with Gasteiger partial charge in [0, 0.05) is 16.2 Å². The lowest BCUT2D eigenvalue weighted by Crippen LogP contribution is -1.74. The van der Waals surface area contributed by atoms with E-state index in [2.05, 4.69) is 40.8 Å². The first-order chi connectivity index (χ1) is 10.3. The first-order valence-electron chi connectivity index (χ1n) is 6.74. The number of benzene rings is 3. The van der Waals surface area contributed by atoms with E-state index in [9.17, 15) is 0 Å². The zero-order chi connectivity index (χ0) is 14.0. The number of hydrogen-bond donors (Lipinski definition) is 0. The highest BCUT2D eigenvalue weighted by molar-refractivity contribution is 14.1. The molecule has 0 N–H and O–H groups in total. The van der Waals surface area contributed by atoms with Crippen molar-refractivity contribution in [3.8, 4) is 0 Å². The van der Waals surface area contributed by atoms with Crippen molar-refractivity contribution in [2.24, 2.45) is 0 Å². The Hall–Kier alpha value is -2.01. The van der Waals surface area contributed by atoms with E-state index >= 15 is 0 Å². The smallest absolute Gasteiger partial charge is 0.152 e. The average molecular weight is 384 g/mol. The molecule has 0 aliphatic carbocycles. The van der Waals surface area contributed by atoms with Gasteiger partial charge < -0.3 is 8.83 Å². The Morgan fingerprint density at radius 2 is 1.29 bits per heavy atom. The predicted molar refractivity (Wildman–Crippen MR) is 93.7 cm³/mol. The van der Waals surface area contributed by atoms with Crippen LogP contribution in [0, 0.1) is 3.57 Å². The van der Waals surface area contributed by atoms with Crippen molar-refractivity contribution in [2.75, 3.05) is 0 Å². The minimum absolute atomic E-state index is 0.901. The highest BCUT2D eigenvalue weighted by Crippen LogP contribution is 2.41. The summed E-state index contributed by atoms with van der Waals surface area (Å²) in [5, 5.41) is 4.48. The first kappa shape index (κ1) is 11.6. The number of fused-ring (bicyclic) bond motifs is 7. The molecule has 2 heterocycles. The molecule has 0 saturated carbocycles. The molecule has 0 amide bonds. The third-order valence-corrected chi connectivity index (χ3v) is 4.75. The van der Waals surface area contributed by atoms with E-state index in [1.165, 1.54) is 0 Å². The van der Waals surface area contributed by atoms with Crippen LogP contribution in [0.1, 0.15) is 0 Å². The Morgan fingerprint density at radius 3 is 2.10 bits per heavy atom. The normalized spacial score (nSPS) is 12.0. The van der Waals surface area contributed by atoms with Crippen LogP contribution in [0.4, 0.5) is 0 Å². The maximum Gasteiger partial charge on any atom is 0.152 e. The third kappa shape index (κ3) is 1.47. The topological polar surface area (TPSA) is 26.3 Å². The molecular formula is C18H9IO2. The van der Waals surface area contributed by atoms with Crippen LogP contribution in [0.2, 0.25) is 0 Å². The molecule has 0 radical (unpaired) electrons. The molecule has 5 rings (SSSR count). The molecule has 5 aromatic rings. The maximum absolute atomic E-state index is 6.12. The van der Waals surface area contributed by atoms with Gasteiger partial charge in [-0.1, -0.05) is 36.4 Å². The van der Waals surface area contributed by atoms with Crippen molar-refractivity contribution < 1.29 is 8.83 Å². The average Bonchev–Trinajstić information content (AvgIpc) is 3.06. The van der Waals surface area contributed by atoms with Crippen LogP contribution < -0.4 is 0 Å². The van der Waals surface area contributed by atoms with Gasteiger partial charge in [-0.2, -0.15) is 0 Å². The fourth-order valence-electron chi connectivity index (χ4n) is 3.03. The molecule has 0 unspecified atom stereocenters. The molecule has 0 bridgehead atoms. The summed E-state index contributed by atoms with van der Waals surface area (Å²) >= 11 is 2.34. The highest BCUT2D eigenvalue weighted by atomic mass is 127. The molecule has 0 fully saturated rings. The molecule has 0 aliphatic rings. The molecule has 0 aliphatic heterocycles. The second-order valence-corrected chi connectivity index (χ2v) is 6.30. The minimum atomic E-state index is 0.901. The van der Waals surface area contributed by atoms with E-state index in [1.54, 1.807) is 0 Å². The van der Waals surface area contributed by atoms with Crippen molar-refractivity contribution in [1.82, 2.24) is 0 Å². The number of rotatable bonds is 0. The summed E-state index contributed by atoms with van der Waals surface area (Å²) < 4.78 is 13.3. The van der Waals surface area contributed by atoms with Crippen molar-refractivity contribution >= 4 is 66.5 Å². The zero-order valence-electron chi connectivity index (χ0n) is 10.9. The molecule has 0 saturated heterocycles. The van der Waals surface area contributed by atoms with Crippen molar-refractivity contribution in [1.29, 1.82) is 0 Å². The molecule has 3 heteroatoms. The van der Waals surface area contributed by atoms with E-state index in [4.69, 9.17) is 8.83 Å². The largest absolute Gasteiger partial charge is 0.455 e. The van der Waals surface area contributed by atoms with Gasteiger partial charge in [0.1, 0.15) is 16.7 Å². The van der Waals surface area contributed by atoms with E-state index < -0.39 is 0 Å². The molecule has 2 aromatic heterocycles. The summed E-state index contributed by atoms with van der Waals surface area (Å²) in [5.41, 5.74) is 3.64. The molecule has 100 valence electrons. The maximum atomic E-state index is 6.12. The van der Waals surface area contributed by atoms with Crippen LogP contribution in [0.5, 0.6) is 0 Å². The molecule has 2 nitrogen and oxygen atoms in total. The summed E-state index contributed by atoms with van der Waals surface area (Å²) in [7, 11) is 0. The molecule has 21 heavy (non-hydrogen) atoms. The van der Waals surface area contributed by atoms with Gasteiger partial charge in [0.25, 0.3) is 0 Å². The van der Waals surface area contributed by atoms with Gasteiger partial charge in [0.2, 0.25) is 0 Å². The van der Waals surface area contributed by atoms with Gasteiger partial charge in [-0.3, -0.25) is 0 Å². The lowest BCUT2D eigenvalue weighted by Gasteiger charge is -1.95. The summed E-state index contributed by atoms with van der Waals surface area (Å²) in [6.45, 7) is 0. The van der Waals surface area contributed by atoms with Crippen LogP contribution >= 0.6 is 22.6 Å². The fourth-order valence-corrected chi connectivity index (χ4v) is 3.72. The van der Waals surface area contributed by atoms with Crippen molar-refractivity contribution in [3.05, 3.63) is 58.2 Å². The second kappa shape index (κ2) is 4.01. The van der Waals surface area contributed by atoms with Gasteiger partial charge in [-0.25, -0.2) is 0 Å². The monoisotopic (exact) mass is 384 g/mol. The summed E-state index contributed by atoms with van der Waals surface area (Å²) in [4.78, 5) is 0. The first-order valence-corrected chi connectivity index (χ1v) is 7.82. The van der Waals surface area contributed by atoms with Crippen LogP contribution in [-0.4, -0.2) is 0 Å². The third-order valence-electron chi connectivity index (χ3n) is 3.94. The second-order valence-electron chi connectivity index (χ2n) is 5.14. The van der Waals surface area contributed by atoms with Crippen molar-refractivity contribution in [3.63, 3.8) is 0 Å². The molecule has 3 aromatic carbocycles. The summed E-state index contributed by atoms with van der Waals surface area (Å²) in [6.07, 6.45) is 0. The Morgan fingerprint density at radius 1 is 0.667 bits per heavy atom. The highest BCUT2D eigenvalue weighted by Gasteiger charge is 2.18. The van der Waals surface area contributed by atoms with Gasteiger partial charge in [0.15, 0.2) is 5.58 Å². The number of halogens is 1. The van der Waals surface area contributed by atoms with Crippen LogP contribution in [0.15, 0.2) is 63.4 Å². The fraction of sp³-hybridized carbons (Fsp3) is 0. The number of para-hydroxylation sites is 2. The van der Waals surface area contributed by atoms with Gasteiger partial charge in [-0.05, 0) is 40.8 Å². The quantitative estimate of drug-likeness (QED) is 0.302. The van der Waals surface area contributed by atoms with Gasteiger partial charge in [-0.15, -0.1) is 0 Å². The Kier molecular flexibility index (Phi) is 2.22. The number of hydrogen-bond acceptors (Lipinski definition) is 2. The van der Waals surface area contributed by atoms with Crippen LogP contribution in [0.3, 0.4) is 0 Å². The Balaban J connectivity index is 2.17. The molecule has 0 atom stereocenters. The van der Waals surface area contributed by atoms with E-state index in [0.29, 0.717) is 0 Å². The minimum Gasteiger partial charge on any atom is -0.455 e. The van der Waals surface area contributed by atoms with Crippen LogP contribution in [-0.2, 0) is 0 Å². The van der Waals surface area contributed by atoms with Crippen molar-refractivity contribution in [2.45, 2.75) is 0 Å². The molecule has 0 spiro atoms. The SMILES string of the molecule is Ic1cc2c3ccccc3oc2c2c1oc1ccccc12. The van der Waals surface area contributed by atoms with E-state index in [1.807, 2.05) is 36.4 Å². The van der Waals surface area contributed by atoms with Gasteiger partial charge in [0.05, 0.1) is 8.96 Å². The lowest BCUT2D eigenvalue weighted by molar-refractivity contribution is 0.661. The zero-order valence-corrected chi connectivity index (χ0v) is 13.0. The van der Waals surface area contributed by atoms with E-state index in [0.717, 1.165) is 47.4 Å². The molecular weight excluding hydrogens is 375 g/mol. The Labute approximate surface area is 133 Å². The lowest BCUT2D eigenvalue weighted by atomic mass is 10.1. The van der Waals surface area contributed by atoms with Gasteiger partial charge >= 0.3 is 0 Å².